The van der Waals surface area contributed by atoms with Crippen molar-refractivity contribution in [3.05, 3.63) is 0 Å². The molecule has 78 valence electrons. The van der Waals surface area contributed by atoms with E-state index in [1.54, 1.807) is 0 Å². The maximum absolute atomic E-state index is 10.5. The number of carbonyl (C=O) groups is 1. The lowest BCUT2D eigenvalue weighted by molar-refractivity contribution is -0.110. The fourth-order valence-electron chi connectivity index (χ4n) is 1.36. The molecule has 0 aliphatic carbocycles. The minimum absolute atomic E-state index is 0.0298. The minimum atomic E-state index is 0.0298. The minimum Gasteiger partial charge on any atom is -0.288 e. The van der Waals surface area contributed by atoms with Crippen molar-refractivity contribution in [2.75, 3.05) is 0 Å². The van der Waals surface area contributed by atoms with Crippen LogP contribution in [0.15, 0.2) is 0 Å². The average Bonchev–Trinajstić information content (AvgIpc) is 2.01. The molecule has 0 aromatic rings. The fraction of sp³-hybridized carbons (Fsp3) is 0.909. The van der Waals surface area contributed by atoms with Crippen molar-refractivity contribution in [1.82, 2.24) is 0 Å². The Morgan fingerprint density at radius 3 is 2.15 bits per heavy atom. The Labute approximate surface area is 87.7 Å². The number of unbranched alkanes of at least 4 members (excludes halogenated alkanes) is 4. The van der Waals surface area contributed by atoms with Crippen LogP contribution in [0.3, 0.4) is 0 Å². The van der Waals surface area contributed by atoms with Gasteiger partial charge in [-0.1, -0.05) is 46.0 Å². The summed E-state index contributed by atoms with van der Waals surface area (Å²) in [6.45, 7) is 4.53. The summed E-state index contributed by atoms with van der Waals surface area (Å²) in [7, 11) is 0. The smallest absolute Gasteiger partial charge is 0.185 e. The summed E-state index contributed by atoms with van der Waals surface area (Å²) < 4.78 is 0. The van der Waals surface area contributed by atoms with Gasteiger partial charge in [-0.15, -0.1) is 12.6 Å². The van der Waals surface area contributed by atoms with Crippen molar-refractivity contribution < 1.29 is 4.79 Å². The molecule has 0 aliphatic rings. The van der Waals surface area contributed by atoms with E-state index in [0.29, 0.717) is 6.42 Å². The molecule has 0 aromatic carbocycles. The van der Waals surface area contributed by atoms with Crippen molar-refractivity contribution >= 4 is 17.7 Å². The van der Waals surface area contributed by atoms with Gasteiger partial charge in [-0.3, -0.25) is 4.79 Å². The van der Waals surface area contributed by atoms with Crippen LogP contribution in [0.25, 0.3) is 0 Å². The summed E-state index contributed by atoms with van der Waals surface area (Å²) in [5.41, 5.74) is 0. The number of thiol groups is 1. The molecule has 2 heteroatoms. The van der Waals surface area contributed by atoms with E-state index in [0.717, 1.165) is 12.3 Å². The SMILES string of the molecule is CC(C)CCCCCCCC(=O)S. The second-order valence-electron chi connectivity index (χ2n) is 4.09. The molecule has 0 spiro atoms. The summed E-state index contributed by atoms with van der Waals surface area (Å²) in [6, 6.07) is 0. The summed E-state index contributed by atoms with van der Waals surface area (Å²) in [5, 5.41) is 0.0298. The van der Waals surface area contributed by atoms with Crippen molar-refractivity contribution in [3.63, 3.8) is 0 Å². The second kappa shape index (κ2) is 8.61. The molecule has 0 amide bonds. The topological polar surface area (TPSA) is 17.1 Å². The van der Waals surface area contributed by atoms with Gasteiger partial charge in [0.05, 0.1) is 0 Å². The van der Waals surface area contributed by atoms with Gasteiger partial charge in [-0.25, -0.2) is 0 Å². The van der Waals surface area contributed by atoms with Crippen LogP contribution in [0.1, 0.15) is 58.8 Å². The lowest BCUT2D eigenvalue weighted by Crippen LogP contribution is -1.88. The Kier molecular flexibility index (Phi) is 8.62. The van der Waals surface area contributed by atoms with Gasteiger partial charge in [-0.05, 0) is 12.3 Å². The van der Waals surface area contributed by atoms with Gasteiger partial charge in [0.2, 0.25) is 0 Å². The summed E-state index contributed by atoms with van der Waals surface area (Å²) >= 11 is 3.73. The quantitative estimate of drug-likeness (QED) is 0.467. The maximum atomic E-state index is 10.5. The molecule has 0 saturated heterocycles. The molecule has 0 N–H and O–H groups in total. The molecule has 0 aromatic heterocycles. The molecule has 0 heterocycles. The van der Waals surface area contributed by atoms with Gasteiger partial charge in [-0.2, -0.15) is 0 Å². The number of rotatable bonds is 8. The highest BCUT2D eigenvalue weighted by Gasteiger charge is 1.96. The van der Waals surface area contributed by atoms with Crippen LogP contribution < -0.4 is 0 Å². The summed E-state index contributed by atoms with van der Waals surface area (Å²) in [5.74, 6) is 0.832. The first kappa shape index (κ1) is 13.0. The highest BCUT2D eigenvalue weighted by molar-refractivity contribution is 7.96. The molecule has 0 atom stereocenters. The third kappa shape index (κ3) is 12.0. The third-order valence-corrected chi connectivity index (χ3v) is 2.40. The van der Waals surface area contributed by atoms with E-state index in [2.05, 4.69) is 26.5 Å². The van der Waals surface area contributed by atoms with E-state index in [1.165, 1.54) is 32.1 Å². The van der Waals surface area contributed by atoms with Gasteiger partial charge < -0.3 is 0 Å². The first-order chi connectivity index (χ1) is 6.13. The number of hydrogen-bond acceptors (Lipinski definition) is 1. The van der Waals surface area contributed by atoms with Crippen molar-refractivity contribution in [3.8, 4) is 0 Å². The molecule has 0 saturated carbocycles. The van der Waals surface area contributed by atoms with Crippen molar-refractivity contribution in [1.29, 1.82) is 0 Å². The van der Waals surface area contributed by atoms with Crippen LogP contribution in [0, 0.1) is 5.92 Å². The van der Waals surface area contributed by atoms with E-state index in [-0.39, 0.29) is 5.12 Å². The number of hydrogen-bond donors (Lipinski definition) is 1. The van der Waals surface area contributed by atoms with E-state index >= 15 is 0 Å². The van der Waals surface area contributed by atoms with E-state index in [9.17, 15) is 4.79 Å². The number of carbonyl (C=O) groups excluding carboxylic acids is 1. The molecule has 1 nitrogen and oxygen atoms in total. The van der Waals surface area contributed by atoms with E-state index < -0.39 is 0 Å². The first-order valence-electron chi connectivity index (χ1n) is 5.34. The monoisotopic (exact) mass is 202 g/mol. The average molecular weight is 202 g/mol. The highest BCUT2D eigenvalue weighted by Crippen LogP contribution is 2.11. The van der Waals surface area contributed by atoms with Crippen LogP contribution in [0.4, 0.5) is 0 Å². The zero-order chi connectivity index (χ0) is 10.1. The van der Waals surface area contributed by atoms with Gasteiger partial charge >= 0.3 is 0 Å². The van der Waals surface area contributed by atoms with Gasteiger partial charge in [0.1, 0.15) is 0 Å². The molecule has 13 heavy (non-hydrogen) atoms. The normalized spacial score (nSPS) is 10.8. The lowest BCUT2D eigenvalue weighted by Gasteiger charge is -2.03. The zero-order valence-corrected chi connectivity index (χ0v) is 9.78. The Balaban J connectivity index is 2.96. The molecule has 0 unspecified atom stereocenters. The Morgan fingerprint density at radius 1 is 1.08 bits per heavy atom. The lowest BCUT2D eigenvalue weighted by atomic mass is 10.0. The Hall–Kier alpha value is 0.0200. The van der Waals surface area contributed by atoms with E-state index in [4.69, 9.17) is 0 Å². The van der Waals surface area contributed by atoms with Crippen LogP contribution in [0.5, 0.6) is 0 Å². The molecule has 0 bridgehead atoms. The summed E-state index contributed by atoms with van der Waals surface area (Å²) in [6.07, 6.45) is 8.12. The van der Waals surface area contributed by atoms with Crippen LogP contribution in [-0.2, 0) is 4.79 Å². The molecular formula is C11H22OS. The van der Waals surface area contributed by atoms with Crippen LogP contribution >= 0.6 is 12.6 Å². The van der Waals surface area contributed by atoms with Crippen LogP contribution in [-0.4, -0.2) is 5.12 Å². The van der Waals surface area contributed by atoms with Gasteiger partial charge in [0, 0.05) is 6.42 Å². The fourth-order valence-corrected chi connectivity index (χ4v) is 1.52. The maximum Gasteiger partial charge on any atom is 0.185 e. The van der Waals surface area contributed by atoms with Gasteiger partial charge in [0.15, 0.2) is 5.12 Å². The predicted octanol–water partition coefficient (Wildman–Crippen LogP) is 3.83. The molecular weight excluding hydrogens is 180 g/mol. The second-order valence-corrected chi connectivity index (χ2v) is 4.59. The first-order valence-corrected chi connectivity index (χ1v) is 5.79. The predicted molar refractivity (Wildman–Crippen MR) is 61.2 cm³/mol. The Bertz CT molecular complexity index is 132. The van der Waals surface area contributed by atoms with E-state index in [1.807, 2.05) is 0 Å². The highest BCUT2D eigenvalue weighted by atomic mass is 32.1. The Morgan fingerprint density at radius 2 is 1.62 bits per heavy atom. The molecule has 0 fully saturated rings. The summed E-state index contributed by atoms with van der Waals surface area (Å²) in [4.78, 5) is 10.5. The standard InChI is InChI=1S/C11H22OS/c1-10(2)8-6-4-3-5-7-9-11(12)13/h10H,3-9H2,1-2H3,(H,12,13). The molecule has 0 aliphatic heterocycles. The molecule has 0 radical (unpaired) electrons. The van der Waals surface area contributed by atoms with Crippen LogP contribution in [0.2, 0.25) is 0 Å². The van der Waals surface area contributed by atoms with Crippen molar-refractivity contribution in [2.45, 2.75) is 58.8 Å². The largest absolute Gasteiger partial charge is 0.288 e. The third-order valence-electron chi connectivity index (χ3n) is 2.17. The molecule has 0 rings (SSSR count). The van der Waals surface area contributed by atoms with Crippen molar-refractivity contribution in [2.24, 2.45) is 5.92 Å². The van der Waals surface area contributed by atoms with Gasteiger partial charge in [0.25, 0.3) is 0 Å². The zero-order valence-electron chi connectivity index (χ0n) is 8.88.